The number of methoxy groups -OCH3 is 1. The first-order valence-corrected chi connectivity index (χ1v) is 11.6. The quantitative estimate of drug-likeness (QED) is 0.718. The number of hydrogen-bond acceptors (Lipinski definition) is 4. The molecule has 2 heterocycles. The van der Waals surface area contributed by atoms with Gasteiger partial charge >= 0.3 is 0 Å². The Bertz CT molecular complexity index is 938. The molecule has 1 unspecified atom stereocenters. The molecule has 0 saturated carbocycles. The predicted molar refractivity (Wildman–Crippen MR) is 125 cm³/mol. The van der Waals surface area contributed by atoms with E-state index < -0.39 is 0 Å². The van der Waals surface area contributed by atoms with Gasteiger partial charge in [0.25, 0.3) is 5.91 Å². The maximum atomic E-state index is 13.6. The van der Waals surface area contributed by atoms with Crippen molar-refractivity contribution in [2.75, 3.05) is 39.8 Å². The van der Waals surface area contributed by atoms with Gasteiger partial charge in [-0.05, 0) is 55.3 Å². The summed E-state index contributed by atoms with van der Waals surface area (Å²) >= 11 is 0. The van der Waals surface area contributed by atoms with Crippen LogP contribution in [0.3, 0.4) is 0 Å². The highest BCUT2D eigenvalue weighted by atomic mass is 16.5. The molecule has 0 aromatic heterocycles. The summed E-state index contributed by atoms with van der Waals surface area (Å²) in [7, 11) is 1.64. The van der Waals surface area contributed by atoms with Crippen molar-refractivity contribution in [1.82, 2.24) is 14.7 Å². The number of rotatable bonds is 5. The third-order valence-corrected chi connectivity index (χ3v) is 6.66. The van der Waals surface area contributed by atoms with Crippen molar-refractivity contribution in [1.29, 1.82) is 0 Å². The fourth-order valence-corrected chi connectivity index (χ4v) is 4.85. The van der Waals surface area contributed by atoms with Crippen molar-refractivity contribution in [2.45, 2.75) is 38.8 Å². The number of carbonyl (C=O) groups is 2. The molecule has 32 heavy (non-hydrogen) atoms. The van der Waals surface area contributed by atoms with Crippen molar-refractivity contribution in [3.8, 4) is 5.75 Å². The molecule has 4 rings (SSSR count). The van der Waals surface area contributed by atoms with Crippen LogP contribution in [0.5, 0.6) is 5.75 Å². The van der Waals surface area contributed by atoms with Crippen LogP contribution in [0.2, 0.25) is 0 Å². The van der Waals surface area contributed by atoms with Gasteiger partial charge in [0, 0.05) is 38.7 Å². The monoisotopic (exact) mass is 435 g/mol. The molecular formula is C26H33N3O3. The first-order chi connectivity index (χ1) is 15.6. The van der Waals surface area contributed by atoms with Crippen LogP contribution in [0.1, 0.15) is 53.7 Å². The average Bonchev–Trinajstić information content (AvgIpc) is 2.84. The van der Waals surface area contributed by atoms with Crippen LogP contribution in [0.25, 0.3) is 0 Å². The van der Waals surface area contributed by atoms with Gasteiger partial charge in [0.2, 0.25) is 5.91 Å². The highest BCUT2D eigenvalue weighted by Gasteiger charge is 2.33. The molecule has 2 amide bonds. The molecule has 0 aliphatic carbocycles. The fourth-order valence-electron chi connectivity index (χ4n) is 4.85. The van der Waals surface area contributed by atoms with Crippen LogP contribution >= 0.6 is 0 Å². The third kappa shape index (κ3) is 4.96. The van der Waals surface area contributed by atoms with E-state index in [-0.39, 0.29) is 17.9 Å². The highest BCUT2D eigenvalue weighted by molar-refractivity contribution is 5.96. The number of carbonyl (C=O) groups excluding carboxylic acids is 2. The van der Waals surface area contributed by atoms with Crippen molar-refractivity contribution in [3.05, 3.63) is 65.2 Å². The predicted octanol–water partition coefficient (Wildman–Crippen LogP) is 3.73. The van der Waals surface area contributed by atoms with Gasteiger partial charge in [0.05, 0.1) is 13.2 Å². The molecule has 2 saturated heterocycles. The van der Waals surface area contributed by atoms with Crippen LogP contribution < -0.4 is 4.74 Å². The number of ether oxygens (including phenoxy) is 1. The Morgan fingerprint density at radius 2 is 1.66 bits per heavy atom. The number of amides is 2. The van der Waals surface area contributed by atoms with Crippen molar-refractivity contribution in [2.24, 2.45) is 0 Å². The van der Waals surface area contributed by atoms with E-state index in [0.29, 0.717) is 19.6 Å². The number of hydrogen-bond donors (Lipinski definition) is 0. The van der Waals surface area contributed by atoms with Crippen LogP contribution in [-0.4, -0.2) is 66.3 Å². The number of nitrogens with zero attached hydrogens (tertiary/aromatic N) is 3. The molecule has 2 aromatic carbocycles. The standard InChI is InChI=1S/C26H33N3O3/c1-20(30)29-17-16-28(19-25(29)21-10-12-23(32-2)13-11-21)26(31)24-9-5-4-8-22(24)18-27-14-6-3-7-15-27/h4-5,8-13,25H,3,6-7,14-19H2,1-2H3. The van der Waals surface area contributed by atoms with E-state index in [0.717, 1.165) is 42.1 Å². The van der Waals surface area contributed by atoms with Crippen LogP contribution in [0.15, 0.2) is 48.5 Å². The molecule has 2 aromatic rings. The summed E-state index contributed by atoms with van der Waals surface area (Å²) in [5, 5.41) is 0. The zero-order chi connectivity index (χ0) is 22.5. The normalized spacial score (nSPS) is 19.6. The van der Waals surface area contributed by atoms with E-state index in [2.05, 4.69) is 11.0 Å². The Kier molecular flexibility index (Phi) is 7.10. The van der Waals surface area contributed by atoms with Crippen LogP contribution in [0, 0.1) is 0 Å². The molecule has 6 nitrogen and oxygen atoms in total. The van der Waals surface area contributed by atoms with Gasteiger partial charge in [-0.25, -0.2) is 0 Å². The fraction of sp³-hybridized carbons (Fsp3) is 0.462. The Balaban J connectivity index is 1.54. The van der Waals surface area contributed by atoms with Gasteiger partial charge < -0.3 is 14.5 Å². The lowest BCUT2D eigenvalue weighted by Crippen LogP contribution is -2.52. The smallest absolute Gasteiger partial charge is 0.254 e. The topological polar surface area (TPSA) is 53.1 Å². The highest BCUT2D eigenvalue weighted by Crippen LogP contribution is 2.28. The lowest BCUT2D eigenvalue weighted by atomic mass is 9.99. The lowest BCUT2D eigenvalue weighted by Gasteiger charge is -2.41. The number of piperazine rings is 1. The summed E-state index contributed by atoms with van der Waals surface area (Å²) in [4.78, 5) is 32.1. The van der Waals surface area contributed by atoms with Gasteiger partial charge in [-0.1, -0.05) is 36.8 Å². The van der Waals surface area contributed by atoms with Crippen LogP contribution in [-0.2, 0) is 11.3 Å². The molecule has 2 fully saturated rings. The van der Waals surface area contributed by atoms with Gasteiger partial charge in [-0.3, -0.25) is 14.5 Å². The molecule has 6 heteroatoms. The molecular weight excluding hydrogens is 402 g/mol. The van der Waals surface area contributed by atoms with E-state index in [9.17, 15) is 9.59 Å². The van der Waals surface area contributed by atoms with Crippen molar-refractivity contribution in [3.63, 3.8) is 0 Å². The second-order valence-electron chi connectivity index (χ2n) is 8.75. The molecule has 2 aliphatic rings. The molecule has 170 valence electrons. The third-order valence-electron chi connectivity index (χ3n) is 6.66. The average molecular weight is 436 g/mol. The summed E-state index contributed by atoms with van der Waals surface area (Å²) in [6, 6.07) is 15.6. The second kappa shape index (κ2) is 10.2. The second-order valence-corrected chi connectivity index (χ2v) is 8.75. The summed E-state index contributed by atoms with van der Waals surface area (Å²) in [5.74, 6) is 0.862. The first-order valence-electron chi connectivity index (χ1n) is 11.6. The Morgan fingerprint density at radius 3 is 2.34 bits per heavy atom. The zero-order valence-electron chi connectivity index (χ0n) is 19.1. The summed E-state index contributed by atoms with van der Waals surface area (Å²) in [6.07, 6.45) is 3.75. The Labute approximate surface area is 190 Å². The molecule has 0 bridgehead atoms. The SMILES string of the molecule is COc1ccc(C2CN(C(=O)c3ccccc3CN3CCCCC3)CCN2C(C)=O)cc1. The van der Waals surface area contributed by atoms with E-state index >= 15 is 0 Å². The maximum absolute atomic E-state index is 13.6. The van der Waals surface area contributed by atoms with Gasteiger partial charge in [-0.15, -0.1) is 0 Å². The van der Waals surface area contributed by atoms with Gasteiger partial charge in [0.15, 0.2) is 0 Å². The molecule has 2 aliphatic heterocycles. The van der Waals surface area contributed by atoms with E-state index in [1.54, 1.807) is 14.0 Å². The Hall–Kier alpha value is -2.86. The van der Waals surface area contributed by atoms with Crippen molar-refractivity contribution < 1.29 is 14.3 Å². The maximum Gasteiger partial charge on any atom is 0.254 e. The summed E-state index contributed by atoms with van der Waals surface area (Å²) < 4.78 is 5.27. The minimum atomic E-state index is -0.162. The van der Waals surface area contributed by atoms with E-state index in [1.807, 2.05) is 52.3 Å². The number of likely N-dealkylation sites (tertiary alicyclic amines) is 1. The molecule has 0 N–H and O–H groups in total. The van der Waals surface area contributed by atoms with Gasteiger partial charge in [0.1, 0.15) is 5.75 Å². The summed E-state index contributed by atoms with van der Waals surface area (Å²) in [5.41, 5.74) is 2.89. The minimum absolute atomic E-state index is 0.0309. The van der Waals surface area contributed by atoms with E-state index in [1.165, 1.54) is 19.3 Å². The number of piperidine rings is 1. The lowest BCUT2D eigenvalue weighted by molar-refractivity contribution is -0.133. The molecule has 0 radical (unpaired) electrons. The minimum Gasteiger partial charge on any atom is -0.497 e. The molecule has 0 spiro atoms. The van der Waals surface area contributed by atoms with Gasteiger partial charge in [-0.2, -0.15) is 0 Å². The number of benzene rings is 2. The van der Waals surface area contributed by atoms with Crippen molar-refractivity contribution >= 4 is 11.8 Å². The molecule has 1 atom stereocenters. The Morgan fingerprint density at radius 1 is 0.938 bits per heavy atom. The summed E-state index contributed by atoms with van der Waals surface area (Å²) in [6.45, 7) is 6.18. The first kappa shape index (κ1) is 22.3. The zero-order valence-corrected chi connectivity index (χ0v) is 19.1. The largest absolute Gasteiger partial charge is 0.497 e. The van der Waals surface area contributed by atoms with E-state index in [4.69, 9.17) is 4.74 Å². The van der Waals surface area contributed by atoms with Crippen LogP contribution in [0.4, 0.5) is 0 Å².